The van der Waals surface area contributed by atoms with Crippen molar-refractivity contribution in [2.24, 2.45) is 0 Å². The summed E-state index contributed by atoms with van der Waals surface area (Å²) in [5.74, 6) is -0.582. The number of esters is 1. The fourth-order valence-corrected chi connectivity index (χ4v) is 3.47. The van der Waals surface area contributed by atoms with Gasteiger partial charge in [-0.25, -0.2) is 4.79 Å². The molecule has 5 heteroatoms. The first-order valence-corrected chi connectivity index (χ1v) is 8.78. The lowest BCUT2D eigenvalue weighted by Crippen LogP contribution is -2.49. The van der Waals surface area contributed by atoms with Gasteiger partial charge in [-0.3, -0.25) is 4.79 Å². The highest BCUT2D eigenvalue weighted by atomic mass is 16.5. The molecule has 0 saturated carbocycles. The van der Waals surface area contributed by atoms with E-state index >= 15 is 0 Å². The molecule has 2 heterocycles. The predicted octanol–water partition coefficient (Wildman–Crippen LogP) is 3.42. The minimum atomic E-state index is -0.468. The van der Waals surface area contributed by atoms with Gasteiger partial charge in [0.05, 0.1) is 5.56 Å². The molecule has 0 aliphatic carbocycles. The molecule has 5 nitrogen and oxygen atoms in total. The summed E-state index contributed by atoms with van der Waals surface area (Å²) in [5, 5.41) is 0. The number of ether oxygens (including phenoxy) is 1. The largest absolute Gasteiger partial charge is 0.452 e. The number of likely N-dealkylation sites (tertiary alicyclic amines) is 1. The summed E-state index contributed by atoms with van der Waals surface area (Å²) in [6.45, 7) is 3.90. The van der Waals surface area contributed by atoms with Gasteiger partial charge in [0, 0.05) is 30.2 Å². The quantitative estimate of drug-likeness (QED) is 0.801. The first-order chi connectivity index (χ1) is 12.1. The van der Waals surface area contributed by atoms with E-state index in [1.807, 2.05) is 46.1 Å². The molecule has 2 atom stereocenters. The Kier molecular flexibility index (Phi) is 5.22. The topological polar surface area (TPSA) is 51.5 Å². The summed E-state index contributed by atoms with van der Waals surface area (Å²) in [4.78, 5) is 26.5. The third-order valence-electron chi connectivity index (χ3n) is 4.81. The number of benzene rings is 1. The average Bonchev–Trinajstić information content (AvgIpc) is 3.14. The van der Waals surface area contributed by atoms with Gasteiger partial charge >= 0.3 is 5.97 Å². The summed E-state index contributed by atoms with van der Waals surface area (Å²) in [5.41, 5.74) is 1.41. The molecule has 1 amide bonds. The van der Waals surface area contributed by atoms with Crippen molar-refractivity contribution in [3.05, 3.63) is 54.4 Å². The van der Waals surface area contributed by atoms with E-state index in [1.165, 1.54) is 0 Å². The van der Waals surface area contributed by atoms with Crippen molar-refractivity contribution in [3.8, 4) is 5.69 Å². The van der Waals surface area contributed by atoms with Crippen LogP contribution in [0.4, 0.5) is 0 Å². The number of carbonyl (C=O) groups excluding carboxylic acids is 2. The number of rotatable bonds is 4. The van der Waals surface area contributed by atoms with Crippen molar-refractivity contribution >= 4 is 11.9 Å². The molecule has 0 unspecified atom stereocenters. The van der Waals surface area contributed by atoms with E-state index in [-0.39, 0.29) is 24.6 Å². The SMILES string of the molecule is C[C@@H]1CCC[C@@H](C)N1C(=O)COC(=O)c1ccc(-n2cccc2)cc1. The minimum absolute atomic E-state index is 0.114. The van der Waals surface area contributed by atoms with Gasteiger partial charge in [-0.2, -0.15) is 0 Å². The van der Waals surface area contributed by atoms with E-state index in [0.29, 0.717) is 5.56 Å². The zero-order valence-electron chi connectivity index (χ0n) is 14.7. The Labute approximate surface area is 148 Å². The number of amides is 1. The van der Waals surface area contributed by atoms with Crippen molar-refractivity contribution in [1.82, 2.24) is 9.47 Å². The Balaban J connectivity index is 1.58. The van der Waals surface area contributed by atoms with Gasteiger partial charge in [-0.05, 0) is 69.5 Å². The van der Waals surface area contributed by atoms with Crippen LogP contribution in [0.15, 0.2) is 48.8 Å². The van der Waals surface area contributed by atoms with Gasteiger partial charge < -0.3 is 14.2 Å². The minimum Gasteiger partial charge on any atom is -0.452 e. The Bertz CT molecular complexity index is 712. The van der Waals surface area contributed by atoms with Crippen molar-refractivity contribution in [3.63, 3.8) is 0 Å². The molecular formula is C20H24N2O3. The van der Waals surface area contributed by atoms with E-state index in [2.05, 4.69) is 13.8 Å². The number of aromatic nitrogens is 1. The normalized spacial score (nSPS) is 20.3. The van der Waals surface area contributed by atoms with Gasteiger partial charge in [-0.1, -0.05) is 0 Å². The molecule has 1 aliphatic heterocycles. The van der Waals surface area contributed by atoms with Gasteiger partial charge in [0.15, 0.2) is 6.61 Å². The molecule has 1 aromatic carbocycles. The third-order valence-corrected chi connectivity index (χ3v) is 4.81. The number of nitrogens with zero attached hydrogens (tertiary/aromatic N) is 2. The summed E-state index contributed by atoms with van der Waals surface area (Å²) < 4.78 is 7.19. The highest BCUT2D eigenvalue weighted by Crippen LogP contribution is 2.22. The standard InChI is InChI=1S/C20H24N2O3/c1-15-6-5-7-16(2)22(15)19(23)14-25-20(24)17-8-10-18(11-9-17)21-12-3-4-13-21/h3-4,8-13,15-16H,5-7,14H2,1-2H3/t15-,16-/m1/s1. The summed E-state index contributed by atoms with van der Waals surface area (Å²) >= 11 is 0. The van der Waals surface area contributed by atoms with Crippen molar-refractivity contribution in [2.75, 3.05) is 6.61 Å². The molecule has 1 aromatic heterocycles. The van der Waals surface area contributed by atoms with Gasteiger partial charge in [-0.15, -0.1) is 0 Å². The van der Waals surface area contributed by atoms with Crippen LogP contribution in [0.5, 0.6) is 0 Å². The zero-order valence-corrected chi connectivity index (χ0v) is 14.7. The summed E-state index contributed by atoms with van der Waals surface area (Å²) in [6, 6.07) is 11.4. The summed E-state index contributed by atoms with van der Waals surface area (Å²) in [7, 11) is 0. The second kappa shape index (κ2) is 7.55. The molecule has 132 valence electrons. The van der Waals surface area contributed by atoms with Gasteiger partial charge in [0.2, 0.25) is 0 Å². The molecule has 2 aromatic rings. The van der Waals surface area contributed by atoms with Crippen LogP contribution in [-0.4, -0.2) is 40.0 Å². The molecule has 0 N–H and O–H groups in total. The third kappa shape index (κ3) is 3.92. The lowest BCUT2D eigenvalue weighted by Gasteiger charge is -2.38. The van der Waals surface area contributed by atoms with E-state index in [0.717, 1.165) is 24.9 Å². The van der Waals surface area contributed by atoms with Crippen molar-refractivity contribution in [1.29, 1.82) is 0 Å². The highest BCUT2D eigenvalue weighted by Gasteiger charge is 2.29. The van der Waals surface area contributed by atoms with E-state index < -0.39 is 5.97 Å². The van der Waals surface area contributed by atoms with E-state index in [4.69, 9.17) is 4.74 Å². The highest BCUT2D eigenvalue weighted by molar-refractivity contribution is 5.91. The Morgan fingerprint density at radius 3 is 2.24 bits per heavy atom. The molecule has 1 aliphatic rings. The maximum atomic E-state index is 12.4. The van der Waals surface area contributed by atoms with Crippen molar-refractivity contribution in [2.45, 2.75) is 45.2 Å². The van der Waals surface area contributed by atoms with Crippen LogP contribution in [0.25, 0.3) is 5.69 Å². The molecule has 3 rings (SSSR count). The smallest absolute Gasteiger partial charge is 0.338 e. The fourth-order valence-electron chi connectivity index (χ4n) is 3.47. The average molecular weight is 340 g/mol. The Morgan fingerprint density at radius 1 is 1.04 bits per heavy atom. The van der Waals surface area contributed by atoms with E-state index in [9.17, 15) is 9.59 Å². The first-order valence-electron chi connectivity index (χ1n) is 8.78. The van der Waals surface area contributed by atoms with Crippen molar-refractivity contribution < 1.29 is 14.3 Å². The van der Waals surface area contributed by atoms with E-state index in [1.54, 1.807) is 12.1 Å². The molecule has 0 spiro atoms. The first kappa shape index (κ1) is 17.3. The Hall–Kier alpha value is -2.56. The monoisotopic (exact) mass is 340 g/mol. The lowest BCUT2D eigenvalue weighted by atomic mass is 9.97. The molecule has 1 saturated heterocycles. The molecule has 0 bridgehead atoms. The second-order valence-electron chi connectivity index (χ2n) is 6.64. The maximum absolute atomic E-state index is 12.4. The van der Waals surface area contributed by atoms with Crippen LogP contribution in [0.2, 0.25) is 0 Å². The molecule has 0 radical (unpaired) electrons. The number of piperidine rings is 1. The fraction of sp³-hybridized carbons (Fsp3) is 0.400. The molecule has 25 heavy (non-hydrogen) atoms. The van der Waals surface area contributed by atoms with Crippen LogP contribution < -0.4 is 0 Å². The van der Waals surface area contributed by atoms with Crippen LogP contribution in [0.1, 0.15) is 43.5 Å². The van der Waals surface area contributed by atoms with Gasteiger partial charge in [0.25, 0.3) is 5.91 Å². The second-order valence-corrected chi connectivity index (χ2v) is 6.64. The van der Waals surface area contributed by atoms with Crippen LogP contribution in [0, 0.1) is 0 Å². The number of carbonyl (C=O) groups is 2. The zero-order chi connectivity index (χ0) is 17.8. The predicted molar refractivity (Wildman–Crippen MR) is 95.7 cm³/mol. The number of hydrogen-bond acceptors (Lipinski definition) is 3. The Morgan fingerprint density at radius 2 is 1.64 bits per heavy atom. The van der Waals surface area contributed by atoms with Gasteiger partial charge in [0.1, 0.15) is 0 Å². The molecule has 1 fully saturated rings. The maximum Gasteiger partial charge on any atom is 0.338 e. The molecular weight excluding hydrogens is 316 g/mol. The lowest BCUT2D eigenvalue weighted by molar-refractivity contribution is -0.140. The number of hydrogen-bond donors (Lipinski definition) is 0. The summed E-state index contributed by atoms with van der Waals surface area (Å²) in [6.07, 6.45) is 7.02. The van der Waals surface area contributed by atoms with Crippen LogP contribution in [0.3, 0.4) is 0 Å². The van der Waals surface area contributed by atoms with Crippen LogP contribution >= 0.6 is 0 Å². The van der Waals surface area contributed by atoms with Crippen LogP contribution in [-0.2, 0) is 9.53 Å².